The average molecular weight is 486 g/mol. The first-order chi connectivity index (χ1) is 14.8. The van der Waals surface area contributed by atoms with Gasteiger partial charge in [-0.3, -0.25) is 4.79 Å². The van der Waals surface area contributed by atoms with Crippen LogP contribution in [0, 0.1) is 5.82 Å². The largest absolute Gasteiger partial charge is 0.436 e. The predicted molar refractivity (Wildman–Crippen MR) is 93.8 cm³/mol. The maximum atomic E-state index is 13.6. The number of urea groups is 1. The Morgan fingerprint density at radius 1 is 1.16 bits per heavy atom. The quantitative estimate of drug-likeness (QED) is 0.580. The molecule has 0 saturated carbocycles. The molecule has 2 aromatic rings. The first-order valence-electron chi connectivity index (χ1n) is 8.58. The molecule has 0 spiro atoms. The van der Waals surface area contributed by atoms with E-state index in [2.05, 4.69) is 25.9 Å². The molecule has 0 aliphatic carbocycles. The Morgan fingerprint density at radius 2 is 1.81 bits per heavy atom. The molecule has 2 aromatic heterocycles. The molecule has 0 radical (unpaired) electrons. The lowest BCUT2D eigenvalue weighted by Gasteiger charge is -2.22. The zero-order valence-corrected chi connectivity index (χ0v) is 16.2. The number of alkyl halides is 6. The summed E-state index contributed by atoms with van der Waals surface area (Å²) in [5, 5.41) is 5.91. The maximum Gasteiger partial charge on any atom is 0.436 e. The lowest BCUT2D eigenvalue weighted by molar-refractivity contribution is -0.144. The second-order valence-electron chi connectivity index (χ2n) is 6.51. The number of halogens is 8. The molecule has 3 heterocycles. The van der Waals surface area contributed by atoms with E-state index in [1.54, 1.807) is 0 Å². The minimum Gasteiger partial charge on any atom is -0.342 e. The second kappa shape index (κ2) is 8.41. The van der Waals surface area contributed by atoms with Crippen molar-refractivity contribution in [2.24, 2.45) is 0 Å². The van der Waals surface area contributed by atoms with Gasteiger partial charge >= 0.3 is 18.4 Å². The smallest absolute Gasteiger partial charge is 0.342 e. The van der Waals surface area contributed by atoms with Gasteiger partial charge in [0.05, 0.1) is 16.8 Å². The van der Waals surface area contributed by atoms with Crippen LogP contribution in [0.4, 0.5) is 35.5 Å². The van der Waals surface area contributed by atoms with Gasteiger partial charge in [0.25, 0.3) is 0 Å². The third-order valence-electron chi connectivity index (χ3n) is 4.27. The van der Waals surface area contributed by atoms with Crippen LogP contribution in [0.2, 0.25) is 5.02 Å². The number of nitrogens with zero attached hydrogens (tertiary/aromatic N) is 2. The lowest BCUT2D eigenvalue weighted by Crippen LogP contribution is -2.44. The van der Waals surface area contributed by atoms with Crippen molar-refractivity contribution in [3.05, 3.63) is 57.9 Å². The van der Waals surface area contributed by atoms with Gasteiger partial charge in [0.2, 0.25) is 5.91 Å². The molecule has 2 atom stereocenters. The molecule has 1 aliphatic heterocycles. The second-order valence-corrected chi connectivity index (χ2v) is 6.92. The first kappa shape index (κ1) is 23.5. The number of amides is 3. The van der Waals surface area contributed by atoms with Gasteiger partial charge < -0.3 is 16.0 Å². The predicted octanol–water partition coefficient (Wildman–Crippen LogP) is 3.19. The summed E-state index contributed by atoms with van der Waals surface area (Å²) in [5.74, 6) is -2.59. The van der Waals surface area contributed by atoms with Gasteiger partial charge in [-0.05, 0) is 18.2 Å². The topological polar surface area (TPSA) is 96.0 Å². The summed E-state index contributed by atoms with van der Waals surface area (Å²) in [6.07, 6.45) is -9.46. The molecule has 3 N–H and O–H groups in total. The van der Waals surface area contributed by atoms with Crippen LogP contribution in [0.5, 0.6) is 0 Å². The van der Waals surface area contributed by atoms with Crippen molar-refractivity contribution in [2.75, 3.05) is 6.54 Å². The summed E-state index contributed by atoms with van der Waals surface area (Å²) >= 11 is 5.63. The summed E-state index contributed by atoms with van der Waals surface area (Å²) in [4.78, 5) is 30.1. The molecule has 3 rings (SSSR count). The normalized spacial score (nSPS) is 17.5. The summed E-state index contributed by atoms with van der Waals surface area (Å²) in [6, 6.07) is -1.42. The lowest BCUT2D eigenvalue weighted by atomic mass is 10.0. The number of carbonyl (C=O) groups excluding carboxylic acids is 2. The summed E-state index contributed by atoms with van der Waals surface area (Å²) in [6.45, 7) is -0.159. The van der Waals surface area contributed by atoms with E-state index >= 15 is 0 Å². The standard InChI is InChI=1S/C17H11ClF7N5O2/c18-7-3-6(4-26-12(7)16(20,21)22)11(30-14(31)10-5-27-15(32)29-10)9-2-1-8(19)13(28-9)17(23,24)25/h1-4,10-11H,5H2,(H,30,31)(H2,27,29,32)/t10-,11?/m0/s1. The van der Waals surface area contributed by atoms with E-state index in [-0.39, 0.29) is 12.1 Å². The van der Waals surface area contributed by atoms with Gasteiger partial charge in [0.1, 0.15) is 6.04 Å². The molecule has 1 fully saturated rings. The highest BCUT2D eigenvalue weighted by Crippen LogP contribution is 2.36. The van der Waals surface area contributed by atoms with E-state index in [4.69, 9.17) is 11.6 Å². The fourth-order valence-electron chi connectivity index (χ4n) is 2.82. The Hall–Kier alpha value is -3.16. The number of nitrogens with one attached hydrogen (secondary N) is 3. The molecule has 7 nitrogen and oxygen atoms in total. The van der Waals surface area contributed by atoms with Gasteiger partial charge in [-0.25, -0.2) is 19.2 Å². The van der Waals surface area contributed by atoms with E-state index in [1.807, 2.05) is 0 Å². The van der Waals surface area contributed by atoms with Crippen molar-refractivity contribution in [3.8, 4) is 0 Å². The summed E-state index contributed by atoms with van der Waals surface area (Å²) in [7, 11) is 0. The van der Waals surface area contributed by atoms with Crippen LogP contribution in [0.25, 0.3) is 0 Å². The minimum absolute atomic E-state index is 0.159. The number of carbonyl (C=O) groups is 2. The Morgan fingerprint density at radius 3 is 2.34 bits per heavy atom. The van der Waals surface area contributed by atoms with Crippen LogP contribution in [-0.2, 0) is 17.1 Å². The van der Waals surface area contributed by atoms with Gasteiger partial charge in [-0.1, -0.05) is 11.6 Å². The number of aromatic nitrogens is 2. The monoisotopic (exact) mass is 485 g/mol. The van der Waals surface area contributed by atoms with E-state index in [0.717, 1.165) is 12.1 Å². The van der Waals surface area contributed by atoms with Crippen molar-refractivity contribution in [3.63, 3.8) is 0 Å². The van der Waals surface area contributed by atoms with Crippen molar-refractivity contribution in [2.45, 2.75) is 24.4 Å². The fraction of sp³-hybridized carbons (Fsp3) is 0.294. The van der Waals surface area contributed by atoms with Gasteiger partial charge in [0.15, 0.2) is 17.2 Å². The number of pyridine rings is 2. The molecule has 0 bridgehead atoms. The third-order valence-corrected chi connectivity index (χ3v) is 4.56. The number of rotatable bonds is 4. The third kappa shape index (κ3) is 5.00. The molecule has 3 amide bonds. The molecule has 15 heteroatoms. The molecule has 1 aliphatic rings. The van der Waals surface area contributed by atoms with E-state index in [0.29, 0.717) is 12.3 Å². The zero-order chi connectivity index (χ0) is 23.8. The van der Waals surface area contributed by atoms with Gasteiger partial charge in [-0.15, -0.1) is 0 Å². The maximum absolute atomic E-state index is 13.6. The summed E-state index contributed by atoms with van der Waals surface area (Å²) in [5.41, 5.74) is -4.16. The Kier molecular flexibility index (Phi) is 6.18. The van der Waals surface area contributed by atoms with E-state index in [9.17, 15) is 40.3 Å². The summed E-state index contributed by atoms with van der Waals surface area (Å²) < 4.78 is 91.7. The first-order valence-corrected chi connectivity index (χ1v) is 8.96. The fourth-order valence-corrected chi connectivity index (χ4v) is 3.10. The molecule has 32 heavy (non-hydrogen) atoms. The van der Waals surface area contributed by atoms with Crippen LogP contribution in [0.3, 0.4) is 0 Å². The SMILES string of the molecule is O=C1NC[C@@H](C(=O)NC(c2cnc(C(F)(F)F)c(Cl)c2)c2ccc(F)c(C(F)(F)F)n2)N1. The number of hydrogen-bond acceptors (Lipinski definition) is 4. The molecule has 1 unspecified atom stereocenters. The Labute approximate surface area is 179 Å². The molecule has 0 aromatic carbocycles. The van der Waals surface area contributed by atoms with Crippen molar-refractivity contribution in [1.29, 1.82) is 0 Å². The van der Waals surface area contributed by atoms with Crippen LogP contribution in [-0.4, -0.2) is 34.5 Å². The zero-order valence-electron chi connectivity index (χ0n) is 15.4. The van der Waals surface area contributed by atoms with Crippen LogP contribution in [0.1, 0.15) is 28.7 Å². The van der Waals surface area contributed by atoms with E-state index < -0.39 is 64.3 Å². The molecular weight excluding hydrogens is 475 g/mol. The van der Waals surface area contributed by atoms with Gasteiger partial charge in [0, 0.05) is 18.3 Å². The van der Waals surface area contributed by atoms with Gasteiger partial charge in [-0.2, -0.15) is 26.3 Å². The van der Waals surface area contributed by atoms with Crippen LogP contribution < -0.4 is 16.0 Å². The minimum atomic E-state index is -5.19. The Bertz CT molecular complexity index is 1060. The molecule has 1 saturated heterocycles. The van der Waals surface area contributed by atoms with Crippen LogP contribution >= 0.6 is 11.6 Å². The Balaban J connectivity index is 2.05. The molecular formula is C17H11ClF7N5O2. The van der Waals surface area contributed by atoms with Crippen molar-refractivity contribution in [1.82, 2.24) is 25.9 Å². The van der Waals surface area contributed by atoms with Crippen molar-refractivity contribution >= 4 is 23.5 Å². The number of hydrogen-bond donors (Lipinski definition) is 3. The highest BCUT2D eigenvalue weighted by Gasteiger charge is 2.39. The molecule has 172 valence electrons. The highest BCUT2D eigenvalue weighted by molar-refractivity contribution is 6.31. The van der Waals surface area contributed by atoms with E-state index in [1.165, 1.54) is 0 Å². The highest BCUT2D eigenvalue weighted by atomic mass is 35.5. The average Bonchev–Trinajstić information content (AvgIpc) is 3.11. The van der Waals surface area contributed by atoms with Crippen LogP contribution in [0.15, 0.2) is 24.4 Å². The van der Waals surface area contributed by atoms with Crippen molar-refractivity contribution < 1.29 is 40.3 Å².